The Balaban J connectivity index is -0.0000000380. The molecule has 11 heteroatoms. The first kappa shape index (κ1) is 25.0. The third-order valence-corrected chi connectivity index (χ3v) is 0. The van der Waals surface area contributed by atoms with Crippen LogP contribution < -0.4 is 0 Å². The van der Waals surface area contributed by atoms with Crippen LogP contribution in [0.15, 0.2) is 0 Å². The molecule has 0 saturated carbocycles. The van der Waals surface area contributed by atoms with E-state index in [-0.39, 0.29) is 0 Å². The Kier molecular flexibility index (Phi) is 61.4. The molecule has 0 aromatic rings. The van der Waals surface area contributed by atoms with E-state index >= 15 is 0 Å². The van der Waals surface area contributed by atoms with Crippen LogP contribution in [-0.2, 0) is 23.4 Å². The van der Waals surface area contributed by atoms with Crippen LogP contribution in [0.5, 0.6) is 0 Å². The summed E-state index contributed by atoms with van der Waals surface area (Å²) in [5, 5.41) is 0. The fourth-order valence-electron chi connectivity index (χ4n) is 0. The van der Waals surface area contributed by atoms with E-state index in [1.807, 2.05) is 0 Å². The molecular weight excluding hydrogens is 709 g/mol. The minimum atomic E-state index is -2.13. The fourth-order valence-corrected chi connectivity index (χ4v) is 0. The van der Waals surface area contributed by atoms with Gasteiger partial charge >= 0.3 is 126 Å². The molecule has 2 radical (unpaired) electrons. The molecule has 0 aliphatic carbocycles. The van der Waals surface area contributed by atoms with Crippen molar-refractivity contribution in [2.45, 2.75) is 0 Å². The van der Waals surface area contributed by atoms with Crippen molar-refractivity contribution in [1.82, 2.24) is 0 Å². The van der Waals surface area contributed by atoms with Crippen molar-refractivity contribution in [3.63, 3.8) is 0 Å². The van der Waals surface area contributed by atoms with Gasteiger partial charge in [-0.3, -0.25) is 0 Å². The van der Waals surface area contributed by atoms with Gasteiger partial charge in [-0.2, -0.15) is 0 Å². The third-order valence-electron chi connectivity index (χ3n) is 0. The van der Waals surface area contributed by atoms with Crippen molar-refractivity contribution < 1.29 is 23.4 Å². The van der Waals surface area contributed by atoms with Gasteiger partial charge in [-0.25, -0.2) is 0 Å². The van der Waals surface area contributed by atoms with Gasteiger partial charge in [0.15, 0.2) is 0 Å². The molecule has 0 aromatic carbocycles. The topological polar surface area (TPSA) is 19.9 Å². The summed E-state index contributed by atoms with van der Waals surface area (Å²) in [4.78, 5) is 0. The van der Waals surface area contributed by atoms with Crippen molar-refractivity contribution in [2.75, 3.05) is 0 Å². The summed E-state index contributed by atoms with van der Waals surface area (Å²) in [7, 11) is 34.6. The Bertz CT molecular complexity index is 58.2. The average Bonchev–Trinajstić information content (AvgIpc) is 1.93. The Labute approximate surface area is 123 Å². The molecular formula is CCl7OPtSn2. The third kappa shape index (κ3) is 146. The Morgan fingerprint density at radius 1 is 0.750 bits per heavy atom. The van der Waals surface area contributed by atoms with Gasteiger partial charge in [-0.15, -0.1) is 0 Å². The van der Waals surface area contributed by atoms with Gasteiger partial charge in [0, 0.05) is 0 Å². The molecule has 0 aromatic heterocycles. The molecule has 0 aliphatic heterocycles. The van der Waals surface area contributed by atoms with Crippen molar-refractivity contribution in [3.8, 4) is 0 Å². The van der Waals surface area contributed by atoms with Crippen LogP contribution in [0.4, 0.5) is 0 Å². The second-order valence-electron chi connectivity index (χ2n) is 0.429. The standard InChI is InChI=1S/CO.7ClH.Pt.2Sn/c1-2;;;;;;;;;;/h;7*1H;;;/q;;;;;;;;+1;2*+3/p-7. The molecule has 0 N–H and O–H groups in total. The predicted octanol–water partition coefficient (Wildman–Crippen LogP) is 4.02. The maximum atomic E-state index is 7.50. The zero-order valence-electron chi connectivity index (χ0n) is 4.87. The predicted molar refractivity (Wildman–Crippen MR) is 56.4 cm³/mol. The Morgan fingerprint density at radius 2 is 0.750 bits per heavy atom. The normalized spacial score (nSPS) is 6.75. The molecule has 12 heavy (non-hydrogen) atoms. The van der Waals surface area contributed by atoms with Crippen LogP contribution in [0.25, 0.3) is 0 Å². The summed E-state index contributed by atoms with van der Waals surface area (Å²) in [5.41, 5.74) is 0. The molecule has 0 bridgehead atoms. The van der Waals surface area contributed by atoms with Crippen LogP contribution in [0.3, 0.4) is 0 Å². The summed E-state index contributed by atoms with van der Waals surface area (Å²) in [5.74, 6) is 0. The van der Waals surface area contributed by atoms with Crippen molar-refractivity contribution in [2.24, 2.45) is 0 Å². The average molecular weight is 709 g/mol. The molecule has 0 aliphatic rings. The van der Waals surface area contributed by atoms with Crippen LogP contribution in [0.1, 0.15) is 0 Å². The van der Waals surface area contributed by atoms with Gasteiger partial charge in [-0.1, -0.05) is 0 Å². The molecule has 0 spiro atoms. The van der Waals surface area contributed by atoms with E-state index in [0.717, 1.165) is 0 Å². The van der Waals surface area contributed by atoms with E-state index in [1.165, 1.54) is 0 Å². The molecule has 1 nitrogen and oxygen atoms in total. The van der Waals surface area contributed by atoms with Gasteiger partial charge in [-0.05, 0) is 0 Å². The molecule has 0 rings (SSSR count). The van der Waals surface area contributed by atoms with E-state index in [4.69, 9.17) is 58.2 Å². The molecule has 0 fully saturated rings. The first-order valence-corrected chi connectivity index (χ1v) is 26.0. The zero-order valence-corrected chi connectivity index (χ0v) is 18.1. The SMILES string of the molecule is [C-]#[O+].[Cl][Pt].[Cl][Sn]([Cl])[Cl].[Cl][Sn]([Cl])[Cl]. The summed E-state index contributed by atoms with van der Waals surface area (Å²) < 4.78 is 7.50. The molecule has 0 saturated heterocycles. The van der Waals surface area contributed by atoms with E-state index in [1.54, 1.807) is 18.8 Å². The summed E-state index contributed by atoms with van der Waals surface area (Å²) in [6.07, 6.45) is 0. The van der Waals surface area contributed by atoms with Crippen molar-refractivity contribution in [1.29, 1.82) is 0 Å². The number of hydrogen-bond donors (Lipinski definition) is 0. The first-order chi connectivity index (χ1) is 5.46. The van der Waals surface area contributed by atoms with Gasteiger partial charge in [0.2, 0.25) is 0 Å². The second-order valence-corrected chi connectivity index (χ2v) is 25.9. The Morgan fingerprint density at radius 3 is 0.750 bits per heavy atom. The summed E-state index contributed by atoms with van der Waals surface area (Å²) in [6.45, 7) is 4.50. The monoisotopic (exact) mass is 708 g/mol. The van der Waals surface area contributed by atoms with Gasteiger partial charge in [0.05, 0.1) is 0 Å². The van der Waals surface area contributed by atoms with E-state index < -0.39 is 32.8 Å². The maximum absolute atomic E-state index is 7.50. The van der Waals surface area contributed by atoms with E-state index in [2.05, 4.69) is 16.1 Å². The van der Waals surface area contributed by atoms with E-state index in [9.17, 15) is 0 Å². The first-order valence-electron chi connectivity index (χ1n) is 1.46. The van der Waals surface area contributed by atoms with Crippen LogP contribution in [-0.4, -0.2) is 32.8 Å². The van der Waals surface area contributed by atoms with Gasteiger partial charge in [0.25, 0.3) is 0 Å². The minimum absolute atomic E-state index is 1.61. The summed E-state index contributed by atoms with van der Waals surface area (Å²) in [6, 6.07) is 0. The molecule has 0 amide bonds. The molecule has 0 heterocycles. The van der Waals surface area contributed by atoms with Crippen LogP contribution in [0, 0.1) is 6.65 Å². The van der Waals surface area contributed by atoms with Gasteiger partial charge < -0.3 is 0 Å². The number of hydrogen-bond acceptors (Lipinski definition) is 0. The molecule has 77 valence electrons. The van der Waals surface area contributed by atoms with Crippen LogP contribution in [0.2, 0.25) is 0 Å². The molecule has 0 atom stereocenters. The van der Waals surface area contributed by atoms with Crippen molar-refractivity contribution >= 4 is 95.7 Å². The fraction of sp³-hybridized carbons (Fsp3) is 0. The quantitative estimate of drug-likeness (QED) is 0.206. The van der Waals surface area contributed by atoms with Crippen LogP contribution >= 0.6 is 62.9 Å². The number of halogens is 7. The second kappa shape index (κ2) is 29.4. The van der Waals surface area contributed by atoms with Crippen molar-refractivity contribution in [3.05, 3.63) is 6.65 Å². The molecule has 0 unspecified atom stereocenters. The summed E-state index contributed by atoms with van der Waals surface area (Å²) >= 11 is -2.64. The zero-order chi connectivity index (χ0) is 11.2. The van der Waals surface area contributed by atoms with Gasteiger partial charge in [0.1, 0.15) is 0 Å². The number of rotatable bonds is 0. The van der Waals surface area contributed by atoms with E-state index in [0.29, 0.717) is 0 Å². The Hall–Kier alpha value is 4.06.